The summed E-state index contributed by atoms with van der Waals surface area (Å²) >= 11 is 0. The molecule has 1 heterocycles. The Kier molecular flexibility index (Phi) is 7.19. The van der Waals surface area contributed by atoms with Crippen LogP contribution in [0.1, 0.15) is 41.5 Å². The zero-order valence-electron chi connectivity index (χ0n) is 15.2. The number of benzene rings is 2. The summed E-state index contributed by atoms with van der Waals surface area (Å²) in [5.41, 5.74) is 1.03. The van der Waals surface area contributed by atoms with Gasteiger partial charge in [-0.3, -0.25) is 14.4 Å². The summed E-state index contributed by atoms with van der Waals surface area (Å²) in [6.07, 6.45) is 1.61. The molecule has 0 fully saturated rings. The van der Waals surface area contributed by atoms with E-state index in [0.717, 1.165) is 11.1 Å². The molecule has 0 aliphatic rings. The topological polar surface area (TPSA) is 91.9 Å². The van der Waals surface area contributed by atoms with Gasteiger partial charge in [0.25, 0.3) is 5.56 Å². The van der Waals surface area contributed by atoms with Crippen molar-refractivity contribution in [3.63, 3.8) is 0 Å². The third-order valence-corrected chi connectivity index (χ3v) is 3.72. The molecule has 27 heavy (non-hydrogen) atoms. The van der Waals surface area contributed by atoms with Gasteiger partial charge in [0.05, 0.1) is 12.1 Å². The fourth-order valence-corrected chi connectivity index (χ4v) is 2.55. The van der Waals surface area contributed by atoms with Gasteiger partial charge in [0.15, 0.2) is 12.1 Å². The number of amides is 1. The Bertz CT molecular complexity index is 898. The highest BCUT2D eigenvalue weighted by Crippen LogP contribution is 2.25. The molecule has 0 aliphatic heterocycles. The molecular formula is C21H21N3O3. The summed E-state index contributed by atoms with van der Waals surface area (Å²) < 4.78 is 0. The molecule has 3 rings (SSSR count). The van der Waals surface area contributed by atoms with Crippen molar-refractivity contribution in [2.75, 3.05) is 5.32 Å². The van der Waals surface area contributed by atoms with Crippen molar-refractivity contribution < 1.29 is 9.59 Å². The number of nitrogens with zero attached hydrogens (tertiary/aromatic N) is 1. The Balaban J connectivity index is 0.00000126. The minimum atomic E-state index is -0.578. The second kappa shape index (κ2) is 9.82. The second-order valence-electron chi connectivity index (χ2n) is 5.37. The summed E-state index contributed by atoms with van der Waals surface area (Å²) in [4.78, 5) is 41.5. The number of hydrogen-bond acceptors (Lipinski definition) is 4. The molecule has 6 heteroatoms. The van der Waals surface area contributed by atoms with Gasteiger partial charge in [-0.15, -0.1) is 0 Å². The van der Waals surface area contributed by atoms with Crippen molar-refractivity contribution in [3.05, 3.63) is 94.2 Å². The molecule has 0 unspecified atom stereocenters. The predicted molar refractivity (Wildman–Crippen MR) is 105 cm³/mol. The van der Waals surface area contributed by atoms with Gasteiger partial charge in [-0.05, 0) is 11.1 Å². The Morgan fingerprint density at radius 2 is 1.52 bits per heavy atom. The van der Waals surface area contributed by atoms with Crippen LogP contribution in [0.15, 0.2) is 71.7 Å². The van der Waals surface area contributed by atoms with Crippen molar-refractivity contribution in [3.8, 4) is 0 Å². The van der Waals surface area contributed by atoms with E-state index in [-0.39, 0.29) is 17.4 Å². The highest BCUT2D eigenvalue weighted by molar-refractivity contribution is 5.98. The highest BCUT2D eigenvalue weighted by atomic mass is 16.2. The molecule has 2 aromatic carbocycles. The number of carbonyl (C=O) groups excluding carboxylic acids is 2. The van der Waals surface area contributed by atoms with Crippen molar-refractivity contribution in [2.45, 2.75) is 19.8 Å². The SMILES string of the molecule is CC.O=Cc1ncc(NC(=O)C(c2ccccc2)c2ccccc2)c(=O)[nH]1. The van der Waals surface area contributed by atoms with E-state index < -0.39 is 11.5 Å². The Labute approximate surface area is 157 Å². The largest absolute Gasteiger partial charge is 0.319 e. The van der Waals surface area contributed by atoms with Crippen molar-refractivity contribution in [1.29, 1.82) is 0 Å². The van der Waals surface area contributed by atoms with Crippen molar-refractivity contribution >= 4 is 17.9 Å². The van der Waals surface area contributed by atoms with Crippen LogP contribution in [0.2, 0.25) is 0 Å². The molecule has 2 N–H and O–H groups in total. The van der Waals surface area contributed by atoms with E-state index in [1.807, 2.05) is 74.5 Å². The van der Waals surface area contributed by atoms with Gasteiger partial charge >= 0.3 is 0 Å². The lowest BCUT2D eigenvalue weighted by molar-refractivity contribution is -0.116. The lowest BCUT2D eigenvalue weighted by Crippen LogP contribution is -2.26. The second-order valence-corrected chi connectivity index (χ2v) is 5.37. The van der Waals surface area contributed by atoms with Crippen LogP contribution in [0.25, 0.3) is 0 Å². The number of aromatic amines is 1. The molecule has 1 amide bonds. The smallest absolute Gasteiger partial charge is 0.275 e. The van der Waals surface area contributed by atoms with E-state index in [1.54, 1.807) is 0 Å². The summed E-state index contributed by atoms with van der Waals surface area (Å²) in [5, 5.41) is 2.60. The molecule has 0 spiro atoms. The van der Waals surface area contributed by atoms with Gasteiger partial charge in [0.1, 0.15) is 5.69 Å². The number of hydrogen-bond donors (Lipinski definition) is 2. The average molecular weight is 363 g/mol. The summed E-state index contributed by atoms with van der Waals surface area (Å²) in [6, 6.07) is 18.6. The first kappa shape index (κ1) is 19.8. The third-order valence-electron chi connectivity index (χ3n) is 3.72. The van der Waals surface area contributed by atoms with Gasteiger partial charge in [-0.25, -0.2) is 4.98 Å². The predicted octanol–water partition coefficient (Wildman–Crippen LogP) is 3.38. The van der Waals surface area contributed by atoms with Gasteiger partial charge in [-0.2, -0.15) is 0 Å². The molecule has 0 radical (unpaired) electrons. The number of aldehydes is 1. The number of anilines is 1. The average Bonchev–Trinajstić information content (AvgIpc) is 2.73. The van der Waals surface area contributed by atoms with E-state index in [2.05, 4.69) is 15.3 Å². The molecule has 6 nitrogen and oxygen atoms in total. The van der Waals surface area contributed by atoms with Gasteiger partial charge in [0, 0.05) is 0 Å². The number of aromatic nitrogens is 2. The van der Waals surface area contributed by atoms with E-state index >= 15 is 0 Å². The van der Waals surface area contributed by atoms with Crippen LogP contribution in [0.5, 0.6) is 0 Å². The normalized spacial score (nSPS) is 9.89. The summed E-state index contributed by atoms with van der Waals surface area (Å²) in [6.45, 7) is 4.00. The zero-order chi connectivity index (χ0) is 19.6. The minimum Gasteiger partial charge on any atom is -0.319 e. The van der Waals surface area contributed by atoms with Crippen LogP contribution < -0.4 is 10.9 Å². The minimum absolute atomic E-state index is 0.00698. The van der Waals surface area contributed by atoms with E-state index in [1.165, 1.54) is 6.20 Å². The van der Waals surface area contributed by atoms with Crippen LogP contribution in [0.4, 0.5) is 5.69 Å². The molecule has 138 valence electrons. The first-order valence-electron chi connectivity index (χ1n) is 8.64. The monoisotopic (exact) mass is 363 g/mol. The first-order chi connectivity index (χ1) is 13.2. The Hall–Kier alpha value is -3.54. The van der Waals surface area contributed by atoms with E-state index in [9.17, 15) is 14.4 Å². The molecule has 0 bridgehead atoms. The zero-order valence-corrected chi connectivity index (χ0v) is 15.2. The lowest BCUT2D eigenvalue weighted by Gasteiger charge is -2.17. The van der Waals surface area contributed by atoms with Gasteiger partial charge in [-0.1, -0.05) is 74.5 Å². The summed E-state index contributed by atoms with van der Waals surface area (Å²) in [5.74, 6) is -1.03. The van der Waals surface area contributed by atoms with Crippen LogP contribution in [0.3, 0.4) is 0 Å². The standard InChI is InChI=1S/C19H15N3O3.C2H6/c23-12-16-20-11-15(18(24)22-16)21-19(25)17(13-7-3-1-4-8-13)14-9-5-2-6-10-14;1-2/h1-12,17H,(H,21,25)(H,20,22,24);1-2H3. The van der Waals surface area contributed by atoms with Gasteiger partial charge < -0.3 is 10.3 Å². The van der Waals surface area contributed by atoms with Crippen LogP contribution in [-0.2, 0) is 4.79 Å². The van der Waals surface area contributed by atoms with E-state index in [0.29, 0.717) is 6.29 Å². The van der Waals surface area contributed by atoms with E-state index in [4.69, 9.17) is 0 Å². The Morgan fingerprint density at radius 3 is 1.96 bits per heavy atom. The maximum absolute atomic E-state index is 12.9. The molecule has 3 aromatic rings. The fourth-order valence-electron chi connectivity index (χ4n) is 2.55. The van der Waals surface area contributed by atoms with Crippen LogP contribution in [0, 0.1) is 0 Å². The third kappa shape index (κ3) is 4.98. The van der Waals surface area contributed by atoms with Crippen molar-refractivity contribution in [1.82, 2.24) is 9.97 Å². The molecule has 0 saturated heterocycles. The number of carbonyl (C=O) groups is 2. The number of rotatable bonds is 5. The van der Waals surface area contributed by atoms with Crippen molar-refractivity contribution in [2.24, 2.45) is 0 Å². The molecular weight excluding hydrogens is 342 g/mol. The Morgan fingerprint density at radius 1 is 1.00 bits per heavy atom. The van der Waals surface area contributed by atoms with Gasteiger partial charge in [0.2, 0.25) is 5.91 Å². The first-order valence-corrected chi connectivity index (χ1v) is 8.64. The fraction of sp³-hybridized carbons (Fsp3) is 0.143. The number of H-pyrrole nitrogens is 1. The maximum Gasteiger partial charge on any atom is 0.275 e. The lowest BCUT2D eigenvalue weighted by atomic mass is 9.90. The van der Waals surface area contributed by atoms with Crippen LogP contribution in [-0.4, -0.2) is 22.2 Å². The molecule has 1 aromatic heterocycles. The summed E-state index contributed by atoms with van der Waals surface area (Å²) in [7, 11) is 0. The molecule has 0 atom stereocenters. The maximum atomic E-state index is 12.9. The number of nitrogens with one attached hydrogen (secondary N) is 2. The molecule has 0 aliphatic carbocycles. The highest BCUT2D eigenvalue weighted by Gasteiger charge is 2.23. The quantitative estimate of drug-likeness (QED) is 0.680. The molecule has 0 saturated carbocycles. The van der Waals surface area contributed by atoms with Crippen LogP contribution >= 0.6 is 0 Å².